The fourth-order valence-corrected chi connectivity index (χ4v) is 4.86. The third-order valence-electron chi connectivity index (χ3n) is 7.20. The second kappa shape index (κ2) is 12.1. The lowest BCUT2D eigenvalue weighted by Gasteiger charge is -2.36. The van der Waals surface area contributed by atoms with Gasteiger partial charge in [-0.3, -0.25) is 14.5 Å². The molecule has 1 aliphatic carbocycles. The highest BCUT2D eigenvalue weighted by atomic mass is 35.5. The van der Waals surface area contributed by atoms with Gasteiger partial charge in [0.25, 0.3) is 5.91 Å². The fourth-order valence-electron chi connectivity index (χ4n) is 4.86. The average Bonchev–Trinajstić information content (AvgIpc) is 3.75. The SMILES string of the molecule is CN(C)c1ccc(/C=N\NC(=O)c2cn(C3CC3)c3cc(N4CCN(CCO)CC4)c(F)cc3c2=O)cc1.Cl. The minimum absolute atomic E-state index is 0. The topological polar surface area (TPSA) is 93.4 Å². The van der Waals surface area contributed by atoms with Crippen LogP contribution in [-0.2, 0) is 0 Å². The standard InChI is InChI=1S/C28H33FN6O3.ClH/c1-32(2)20-5-3-19(4-6-20)17-30-31-28(38)23-18-35(21-7-8-21)25-16-26(24(29)15-22(25)27(23)37)34-11-9-33(10-12-34)13-14-36;/h3-6,15-18,21,36H,7-14H2,1-2H3,(H,31,38);1H/b30-17-;. The van der Waals surface area contributed by atoms with Crippen LogP contribution < -0.4 is 20.7 Å². The lowest BCUT2D eigenvalue weighted by Crippen LogP contribution is -2.47. The number of fused-ring (bicyclic) bond motifs is 1. The number of carbonyl (C=O) groups is 1. The van der Waals surface area contributed by atoms with Gasteiger partial charge in [-0.05, 0) is 42.7 Å². The van der Waals surface area contributed by atoms with E-state index in [1.54, 1.807) is 12.3 Å². The van der Waals surface area contributed by atoms with E-state index in [1.807, 2.05) is 52.7 Å². The summed E-state index contributed by atoms with van der Waals surface area (Å²) >= 11 is 0. The highest BCUT2D eigenvalue weighted by Crippen LogP contribution is 2.38. The maximum Gasteiger partial charge on any atom is 0.276 e. The van der Waals surface area contributed by atoms with Crippen LogP contribution in [-0.4, -0.2) is 80.1 Å². The molecule has 1 amide bonds. The quantitative estimate of drug-likeness (QED) is 0.327. The Morgan fingerprint density at radius 1 is 1.15 bits per heavy atom. The number of β-amino-alcohol motifs (C(OH)–C–C–N with tert-alkyl or cyclic N) is 1. The van der Waals surface area contributed by atoms with Gasteiger partial charge in [-0.2, -0.15) is 5.10 Å². The van der Waals surface area contributed by atoms with Crippen molar-refractivity contribution < 1.29 is 14.3 Å². The van der Waals surface area contributed by atoms with E-state index in [2.05, 4.69) is 15.4 Å². The monoisotopic (exact) mass is 556 g/mol. The van der Waals surface area contributed by atoms with Crippen molar-refractivity contribution in [3.8, 4) is 0 Å². The van der Waals surface area contributed by atoms with Gasteiger partial charge in [-0.1, -0.05) is 12.1 Å². The Bertz CT molecular complexity index is 1410. The van der Waals surface area contributed by atoms with Gasteiger partial charge in [-0.25, -0.2) is 9.82 Å². The van der Waals surface area contributed by atoms with Crippen molar-refractivity contribution in [2.45, 2.75) is 18.9 Å². The summed E-state index contributed by atoms with van der Waals surface area (Å²) in [4.78, 5) is 32.4. The number of carbonyl (C=O) groups excluding carboxylic acids is 1. The van der Waals surface area contributed by atoms with Gasteiger partial charge in [-0.15, -0.1) is 12.4 Å². The summed E-state index contributed by atoms with van der Waals surface area (Å²) in [6.07, 6.45) is 4.98. The van der Waals surface area contributed by atoms with E-state index in [4.69, 9.17) is 0 Å². The molecule has 2 N–H and O–H groups in total. The molecule has 2 fully saturated rings. The zero-order valence-corrected chi connectivity index (χ0v) is 23.0. The average molecular weight is 557 g/mol. The first-order chi connectivity index (χ1) is 18.4. The van der Waals surface area contributed by atoms with Gasteiger partial charge in [0.2, 0.25) is 5.43 Å². The summed E-state index contributed by atoms with van der Waals surface area (Å²) in [5, 5.41) is 13.4. The number of hydrogen-bond donors (Lipinski definition) is 2. The predicted octanol–water partition coefficient (Wildman–Crippen LogP) is 2.84. The Morgan fingerprint density at radius 3 is 2.46 bits per heavy atom. The molecule has 11 heteroatoms. The largest absolute Gasteiger partial charge is 0.395 e. The molecule has 2 aliphatic rings. The van der Waals surface area contributed by atoms with E-state index in [-0.39, 0.29) is 36.0 Å². The lowest BCUT2D eigenvalue weighted by molar-refractivity contribution is 0.0953. The molecule has 39 heavy (non-hydrogen) atoms. The van der Waals surface area contributed by atoms with Crippen molar-refractivity contribution in [3.05, 3.63) is 69.8 Å². The van der Waals surface area contributed by atoms with E-state index >= 15 is 4.39 Å². The van der Waals surface area contributed by atoms with Crippen LogP contribution in [0.3, 0.4) is 0 Å². The molecule has 5 rings (SSSR count). The van der Waals surface area contributed by atoms with Crippen LogP contribution in [0.4, 0.5) is 15.8 Å². The highest BCUT2D eigenvalue weighted by Gasteiger charge is 2.28. The third kappa shape index (κ3) is 6.24. The number of aliphatic hydroxyl groups excluding tert-OH is 1. The molecule has 2 heterocycles. The summed E-state index contributed by atoms with van der Waals surface area (Å²) in [6, 6.07) is 10.8. The first-order valence-corrected chi connectivity index (χ1v) is 12.9. The molecule has 1 saturated carbocycles. The maximum atomic E-state index is 15.3. The van der Waals surface area contributed by atoms with E-state index in [1.165, 1.54) is 12.3 Å². The van der Waals surface area contributed by atoms with Crippen LogP contribution in [0.15, 0.2) is 52.5 Å². The number of anilines is 2. The molecule has 0 unspecified atom stereocenters. The van der Waals surface area contributed by atoms with E-state index in [9.17, 15) is 14.7 Å². The molecule has 0 bridgehead atoms. The van der Waals surface area contributed by atoms with Crippen molar-refractivity contribution in [3.63, 3.8) is 0 Å². The van der Waals surface area contributed by atoms with Gasteiger partial charge in [0.05, 0.1) is 24.0 Å². The van der Waals surface area contributed by atoms with Gasteiger partial charge in [0, 0.05) is 70.1 Å². The molecule has 1 saturated heterocycles. The lowest BCUT2D eigenvalue weighted by atomic mass is 10.1. The van der Waals surface area contributed by atoms with Crippen LogP contribution in [0.25, 0.3) is 10.9 Å². The number of piperazine rings is 1. The second-order valence-corrected chi connectivity index (χ2v) is 10.1. The number of hydrazone groups is 1. The first kappa shape index (κ1) is 28.5. The summed E-state index contributed by atoms with van der Waals surface area (Å²) in [5.41, 5.74) is 4.81. The number of nitrogens with one attached hydrogen (secondary N) is 1. The molecule has 9 nitrogen and oxygen atoms in total. The Balaban J connectivity index is 0.00000353. The molecule has 0 atom stereocenters. The van der Waals surface area contributed by atoms with Gasteiger partial charge < -0.3 is 19.5 Å². The van der Waals surface area contributed by atoms with E-state index in [0.29, 0.717) is 30.8 Å². The third-order valence-corrected chi connectivity index (χ3v) is 7.20. The first-order valence-electron chi connectivity index (χ1n) is 12.9. The van der Waals surface area contributed by atoms with Crippen molar-refractivity contribution in [1.82, 2.24) is 14.9 Å². The zero-order valence-electron chi connectivity index (χ0n) is 22.1. The van der Waals surface area contributed by atoms with Crippen LogP contribution in [0.1, 0.15) is 34.8 Å². The number of amides is 1. The molecule has 0 radical (unpaired) electrons. The molecule has 208 valence electrons. The number of hydrogen-bond acceptors (Lipinski definition) is 7. The number of aromatic nitrogens is 1. The Morgan fingerprint density at radius 2 is 1.85 bits per heavy atom. The Kier molecular flexibility index (Phi) is 8.89. The molecule has 1 aliphatic heterocycles. The number of halogens is 2. The summed E-state index contributed by atoms with van der Waals surface area (Å²) < 4.78 is 17.2. The second-order valence-electron chi connectivity index (χ2n) is 10.1. The molecule has 0 spiro atoms. The number of nitrogens with zero attached hydrogens (tertiary/aromatic N) is 5. The minimum atomic E-state index is -0.628. The van der Waals surface area contributed by atoms with E-state index < -0.39 is 17.2 Å². The van der Waals surface area contributed by atoms with E-state index in [0.717, 1.165) is 37.2 Å². The zero-order chi connectivity index (χ0) is 26.8. The Hall–Kier alpha value is -3.47. The number of rotatable bonds is 8. The molecule has 3 aromatic rings. The van der Waals surface area contributed by atoms with Crippen molar-refractivity contribution in [2.75, 3.05) is 63.2 Å². The molecular weight excluding hydrogens is 523 g/mol. The predicted molar refractivity (Wildman–Crippen MR) is 155 cm³/mol. The highest BCUT2D eigenvalue weighted by molar-refractivity contribution is 5.98. The van der Waals surface area contributed by atoms with Crippen molar-refractivity contribution in [2.24, 2.45) is 5.10 Å². The van der Waals surface area contributed by atoms with Crippen molar-refractivity contribution in [1.29, 1.82) is 0 Å². The maximum absolute atomic E-state index is 15.3. The summed E-state index contributed by atoms with van der Waals surface area (Å²) in [5.74, 6) is -1.11. The van der Waals surface area contributed by atoms with Gasteiger partial charge >= 0.3 is 0 Å². The van der Waals surface area contributed by atoms with Crippen LogP contribution >= 0.6 is 12.4 Å². The van der Waals surface area contributed by atoms with Crippen LogP contribution in [0.2, 0.25) is 0 Å². The molecule has 2 aromatic carbocycles. The normalized spacial score (nSPS) is 15.9. The number of aliphatic hydroxyl groups is 1. The minimum Gasteiger partial charge on any atom is -0.395 e. The number of benzene rings is 2. The molecule has 1 aromatic heterocycles. The smallest absolute Gasteiger partial charge is 0.276 e. The summed E-state index contributed by atoms with van der Waals surface area (Å²) in [7, 11) is 3.91. The van der Waals surface area contributed by atoms with Crippen molar-refractivity contribution >= 4 is 46.8 Å². The summed E-state index contributed by atoms with van der Waals surface area (Å²) in [6.45, 7) is 3.43. The fraction of sp³-hybridized carbons (Fsp3) is 0.393. The molecular formula is C28H34ClFN6O3. The number of pyridine rings is 1. The van der Waals surface area contributed by atoms with Gasteiger partial charge in [0.15, 0.2) is 0 Å². The van der Waals surface area contributed by atoms with Crippen LogP contribution in [0, 0.1) is 5.82 Å². The Labute approximate surface area is 232 Å². The van der Waals surface area contributed by atoms with Crippen LogP contribution in [0.5, 0.6) is 0 Å². The van der Waals surface area contributed by atoms with Gasteiger partial charge in [0.1, 0.15) is 11.4 Å².